The Hall–Kier alpha value is -3.77. The van der Waals surface area contributed by atoms with Gasteiger partial charge in [-0.2, -0.15) is 8.42 Å². The van der Waals surface area contributed by atoms with E-state index in [1.165, 1.54) is 42.5 Å². The summed E-state index contributed by atoms with van der Waals surface area (Å²) < 4.78 is 48.1. The number of ether oxygens (including phenoxy) is 1. The van der Waals surface area contributed by atoms with Crippen LogP contribution < -0.4 is 20.1 Å². The predicted octanol–water partition coefficient (Wildman–Crippen LogP) is 3.76. The zero-order valence-corrected chi connectivity index (χ0v) is 23.9. The molecule has 12 heteroatoms. The van der Waals surface area contributed by atoms with Crippen LogP contribution in [0.5, 0.6) is 5.75 Å². The highest BCUT2D eigenvalue weighted by Gasteiger charge is 2.39. The summed E-state index contributed by atoms with van der Waals surface area (Å²) >= 11 is 0. The van der Waals surface area contributed by atoms with Crippen molar-refractivity contribution in [2.75, 3.05) is 23.8 Å². The number of aromatic nitrogens is 2. The van der Waals surface area contributed by atoms with Crippen molar-refractivity contribution in [3.8, 4) is 17.0 Å². The first-order valence-corrected chi connectivity index (χ1v) is 14.3. The molecule has 2 aromatic heterocycles. The Morgan fingerprint density at radius 3 is 2.58 bits per heavy atom. The van der Waals surface area contributed by atoms with Crippen LogP contribution in [0, 0.1) is 11.7 Å². The van der Waals surface area contributed by atoms with E-state index in [9.17, 15) is 22.7 Å². The Bertz CT molecular complexity index is 1540. The fourth-order valence-corrected chi connectivity index (χ4v) is 5.76. The summed E-state index contributed by atoms with van der Waals surface area (Å²) in [6.45, 7) is 9.80. The number of benzene rings is 1. The highest BCUT2D eigenvalue weighted by molar-refractivity contribution is 7.90. The van der Waals surface area contributed by atoms with Gasteiger partial charge in [0, 0.05) is 23.7 Å². The number of amides is 1. The lowest BCUT2D eigenvalue weighted by Crippen LogP contribution is -2.41. The van der Waals surface area contributed by atoms with E-state index in [2.05, 4.69) is 16.6 Å². The third-order valence-corrected chi connectivity index (χ3v) is 7.69. The van der Waals surface area contributed by atoms with Crippen LogP contribution in [0.15, 0.2) is 53.6 Å². The molecule has 1 saturated heterocycles. The van der Waals surface area contributed by atoms with E-state index in [1.807, 2.05) is 18.7 Å². The second kappa shape index (κ2) is 10.7. The first-order valence-electron chi connectivity index (χ1n) is 12.8. The van der Waals surface area contributed by atoms with Gasteiger partial charge in [-0.05, 0) is 76.4 Å². The summed E-state index contributed by atoms with van der Waals surface area (Å²) in [5, 5.41) is 9.60. The molecule has 10 nitrogen and oxygen atoms in total. The van der Waals surface area contributed by atoms with Crippen molar-refractivity contribution >= 4 is 27.6 Å². The second-order valence-electron chi connectivity index (χ2n) is 11.4. The highest BCUT2D eigenvalue weighted by Crippen LogP contribution is 2.38. The molecular formula is C28H34FN5O5S. The van der Waals surface area contributed by atoms with E-state index in [0.717, 1.165) is 6.42 Å². The average molecular weight is 572 g/mol. The molecule has 1 atom stereocenters. The van der Waals surface area contributed by atoms with Gasteiger partial charge in [0.2, 0.25) is 0 Å². The molecule has 40 heavy (non-hydrogen) atoms. The zero-order valence-electron chi connectivity index (χ0n) is 23.1. The van der Waals surface area contributed by atoms with Gasteiger partial charge in [-0.25, -0.2) is 19.1 Å². The standard InChI is InChI=1S/C28H34FN5O5S/c1-17-14-27(2,3)34(15-17)25-21(26(35)33-40(37,38)24-8-6-7-23(30)32-24)9-10-22(31-25)18-11-19(29)13-20(12-18)39-16-28(4,5)36/h6-13,17,36H,14-16H2,1-5H3,(H2,30,32)(H,33,35)/t17-/m0/s1. The van der Waals surface area contributed by atoms with Crippen molar-refractivity contribution in [2.45, 2.75) is 57.2 Å². The van der Waals surface area contributed by atoms with Crippen LogP contribution in [0.3, 0.4) is 0 Å². The number of sulfonamides is 1. The molecule has 1 fully saturated rings. The molecule has 1 aromatic carbocycles. The van der Waals surface area contributed by atoms with Crippen molar-refractivity contribution in [1.29, 1.82) is 0 Å². The Labute approximate surface area is 233 Å². The minimum Gasteiger partial charge on any atom is -0.490 e. The monoisotopic (exact) mass is 571 g/mol. The molecular weight excluding hydrogens is 537 g/mol. The quantitative estimate of drug-likeness (QED) is 0.368. The van der Waals surface area contributed by atoms with Gasteiger partial charge >= 0.3 is 0 Å². The van der Waals surface area contributed by atoms with Crippen molar-refractivity contribution < 1.29 is 27.4 Å². The number of nitrogens with two attached hydrogens (primary N) is 1. The van der Waals surface area contributed by atoms with E-state index < -0.39 is 32.9 Å². The Balaban J connectivity index is 1.76. The van der Waals surface area contributed by atoms with E-state index in [1.54, 1.807) is 19.9 Å². The number of nitrogen functional groups attached to an aromatic ring is 1. The Morgan fingerprint density at radius 1 is 1.23 bits per heavy atom. The SMILES string of the molecule is C[C@@H]1CN(c2nc(-c3cc(F)cc(OCC(C)(C)O)c3)ccc2C(=O)NS(=O)(=O)c2cccc(N)n2)C(C)(C)C1. The molecule has 1 aliphatic rings. The number of carbonyl (C=O) groups excluding carboxylic acids is 1. The summed E-state index contributed by atoms with van der Waals surface area (Å²) in [6.07, 6.45) is 0.820. The first-order chi connectivity index (χ1) is 18.5. The molecule has 0 bridgehead atoms. The van der Waals surface area contributed by atoms with Crippen LogP contribution in [0.1, 0.15) is 51.4 Å². The molecule has 1 aliphatic heterocycles. The van der Waals surface area contributed by atoms with Crippen LogP contribution in [-0.2, 0) is 10.0 Å². The number of nitrogens with zero attached hydrogens (tertiary/aromatic N) is 3. The van der Waals surface area contributed by atoms with Gasteiger partial charge in [0.1, 0.15) is 29.8 Å². The van der Waals surface area contributed by atoms with E-state index in [4.69, 9.17) is 15.5 Å². The van der Waals surface area contributed by atoms with Gasteiger partial charge in [-0.1, -0.05) is 13.0 Å². The van der Waals surface area contributed by atoms with Crippen molar-refractivity contribution in [3.05, 3.63) is 59.9 Å². The lowest BCUT2D eigenvalue weighted by Gasteiger charge is -2.34. The van der Waals surface area contributed by atoms with Crippen molar-refractivity contribution in [3.63, 3.8) is 0 Å². The lowest BCUT2D eigenvalue weighted by molar-refractivity contribution is 0.0284. The normalized spacial score (nSPS) is 17.1. The number of halogens is 1. The van der Waals surface area contributed by atoms with Crippen LogP contribution in [0.4, 0.5) is 16.0 Å². The molecule has 4 rings (SSSR count). The van der Waals surface area contributed by atoms with Gasteiger partial charge in [0.25, 0.3) is 15.9 Å². The minimum absolute atomic E-state index is 0.00386. The zero-order chi connectivity index (χ0) is 29.5. The van der Waals surface area contributed by atoms with E-state index in [0.29, 0.717) is 17.8 Å². The fourth-order valence-electron chi connectivity index (χ4n) is 4.82. The van der Waals surface area contributed by atoms with E-state index in [-0.39, 0.29) is 40.5 Å². The smallest absolute Gasteiger partial charge is 0.281 e. The molecule has 1 amide bonds. The van der Waals surface area contributed by atoms with Gasteiger partial charge in [0.05, 0.1) is 16.9 Å². The third-order valence-electron chi connectivity index (χ3n) is 6.45. The minimum atomic E-state index is -4.33. The second-order valence-corrected chi connectivity index (χ2v) is 13.0. The number of hydrogen-bond acceptors (Lipinski definition) is 9. The number of nitrogens with one attached hydrogen (secondary N) is 1. The molecule has 4 N–H and O–H groups in total. The molecule has 0 saturated carbocycles. The Kier molecular flexibility index (Phi) is 7.79. The Morgan fingerprint density at radius 2 is 1.95 bits per heavy atom. The first kappa shape index (κ1) is 29.2. The summed E-state index contributed by atoms with van der Waals surface area (Å²) in [7, 11) is -4.33. The van der Waals surface area contributed by atoms with Gasteiger partial charge in [-0.3, -0.25) is 4.79 Å². The number of pyridine rings is 2. The lowest BCUT2D eigenvalue weighted by atomic mass is 9.97. The van der Waals surface area contributed by atoms with Crippen molar-refractivity contribution in [1.82, 2.24) is 14.7 Å². The van der Waals surface area contributed by atoms with Gasteiger partial charge in [0.15, 0.2) is 5.03 Å². The van der Waals surface area contributed by atoms with Crippen LogP contribution in [0.25, 0.3) is 11.3 Å². The third kappa shape index (κ3) is 6.68. The molecule has 214 valence electrons. The van der Waals surface area contributed by atoms with E-state index >= 15 is 0 Å². The van der Waals surface area contributed by atoms with Crippen LogP contribution in [0.2, 0.25) is 0 Å². The number of rotatable bonds is 8. The summed E-state index contributed by atoms with van der Waals surface area (Å²) in [4.78, 5) is 23.9. The highest BCUT2D eigenvalue weighted by atomic mass is 32.2. The topological polar surface area (TPSA) is 148 Å². The summed E-state index contributed by atoms with van der Waals surface area (Å²) in [5.41, 5.74) is 4.90. The number of carbonyl (C=O) groups is 1. The summed E-state index contributed by atoms with van der Waals surface area (Å²) in [6, 6.07) is 11.2. The predicted molar refractivity (Wildman–Crippen MR) is 150 cm³/mol. The molecule has 0 unspecified atom stereocenters. The maximum absolute atomic E-state index is 14.6. The van der Waals surface area contributed by atoms with Crippen LogP contribution in [-0.4, -0.2) is 53.7 Å². The fraction of sp³-hybridized carbons (Fsp3) is 0.393. The largest absolute Gasteiger partial charge is 0.490 e. The molecule has 0 spiro atoms. The maximum Gasteiger partial charge on any atom is 0.281 e. The van der Waals surface area contributed by atoms with Gasteiger partial charge < -0.3 is 20.5 Å². The molecule has 0 aliphatic carbocycles. The van der Waals surface area contributed by atoms with Crippen molar-refractivity contribution in [2.24, 2.45) is 5.92 Å². The number of aliphatic hydroxyl groups is 1. The van der Waals surface area contributed by atoms with Crippen LogP contribution >= 0.6 is 0 Å². The number of hydrogen-bond donors (Lipinski definition) is 3. The molecule has 0 radical (unpaired) electrons. The molecule has 3 heterocycles. The number of anilines is 2. The van der Waals surface area contributed by atoms with Gasteiger partial charge in [-0.15, -0.1) is 0 Å². The average Bonchev–Trinajstić information content (AvgIpc) is 3.13. The summed E-state index contributed by atoms with van der Waals surface area (Å²) in [5.74, 6) is -0.698. The maximum atomic E-state index is 14.6. The molecule has 3 aromatic rings.